The topological polar surface area (TPSA) is 41.8 Å². The molecule has 0 amide bonds. The first-order chi connectivity index (χ1) is 16.9. The van der Waals surface area contributed by atoms with Crippen LogP contribution in [0.15, 0.2) is 64.9 Å². The van der Waals surface area contributed by atoms with Gasteiger partial charge in [0.2, 0.25) is 0 Å². The average molecular weight is 480 g/mol. The second-order valence-electron chi connectivity index (χ2n) is 11.3. The van der Waals surface area contributed by atoms with E-state index in [9.17, 15) is 5.11 Å². The van der Waals surface area contributed by atoms with E-state index in [-0.39, 0.29) is 11.5 Å². The molecule has 0 aromatic heterocycles. The minimum absolute atomic E-state index is 0.205. The minimum atomic E-state index is -0.205. The van der Waals surface area contributed by atoms with E-state index in [2.05, 4.69) is 57.3 Å². The number of nitrogens with zero attached hydrogens (tertiary/aromatic N) is 1. The van der Waals surface area contributed by atoms with Gasteiger partial charge in [-0.3, -0.25) is 0 Å². The molecule has 2 fully saturated rings. The summed E-state index contributed by atoms with van der Waals surface area (Å²) < 4.78 is 0. The molecule has 35 heavy (non-hydrogen) atoms. The van der Waals surface area contributed by atoms with E-state index in [1.807, 2.05) is 0 Å². The fourth-order valence-electron chi connectivity index (χ4n) is 6.56. The summed E-state index contributed by atoms with van der Waals surface area (Å²) >= 11 is 0. The largest absolute Gasteiger partial charge is 0.393 e. The molecule has 3 rings (SSSR count). The highest BCUT2D eigenvalue weighted by atomic mass is 16.6. The smallest absolute Gasteiger partial charge is 0.135 e. The molecule has 3 nitrogen and oxygen atoms in total. The van der Waals surface area contributed by atoms with Crippen molar-refractivity contribution in [1.29, 1.82) is 0 Å². The van der Waals surface area contributed by atoms with E-state index in [0.717, 1.165) is 32.1 Å². The van der Waals surface area contributed by atoms with E-state index >= 15 is 0 Å². The molecular weight excluding hydrogens is 430 g/mol. The molecule has 0 radical (unpaired) electrons. The van der Waals surface area contributed by atoms with Gasteiger partial charge in [-0.05, 0) is 99.9 Å². The fraction of sp³-hybridized carbons (Fsp3) is 0.656. The lowest BCUT2D eigenvalue weighted by molar-refractivity contribution is 0.158. The van der Waals surface area contributed by atoms with E-state index in [1.54, 1.807) is 17.2 Å². The summed E-state index contributed by atoms with van der Waals surface area (Å²) in [5.74, 6) is 1.24. The van der Waals surface area contributed by atoms with Crippen molar-refractivity contribution < 1.29 is 9.94 Å². The van der Waals surface area contributed by atoms with Crippen LogP contribution in [0.25, 0.3) is 0 Å². The van der Waals surface area contributed by atoms with Gasteiger partial charge in [0.05, 0.1) is 11.8 Å². The van der Waals surface area contributed by atoms with Crippen molar-refractivity contribution in [2.24, 2.45) is 22.4 Å². The number of aliphatic hydroxyl groups is 1. The van der Waals surface area contributed by atoms with Gasteiger partial charge in [0.25, 0.3) is 0 Å². The number of hydrogen-bond donors (Lipinski definition) is 1. The summed E-state index contributed by atoms with van der Waals surface area (Å²) in [6, 6.07) is 0. The monoisotopic (exact) mass is 479 g/mol. The van der Waals surface area contributed by atoms with Crippen LogP contribution >= 0.6 is 0 Å². The number of hydrogen-bond acceptors (Lipinski definition) is 3. The van der Waals surface area contributed by atoms with Crippen LogP contribution in [0.4, 0.5) is 0 Å². The van der Waals surface area contributed by atoms with Crippen molar-refractivity contribution >= 4 is 5.71 Å². The Kier molecular flexibility index (Phi) is 10.6. The maximum absolute atomic E-state index is 10.1. The number of oxime groups is 1. The van der Waals surface area contributed by atoms with Crippen LogP contribution in [0.3, 0.4) is 0 Å². The summed E-state index contributed by atoms with van der Waals surface area (Å²) in [5.41, 5.74) is 7.24. The molecule has 2 unspecified atom stereocenters. The predicted octanol–water partition coefficient (Wildman–Crippen LogP) is 8.63. The SMILES string of the molecule is C=CCO/N=C(/CCCC)CCCC(C)C1=CC[C@H]2/C(=C/C=C3/CC(O)CCC3=C)CCC[C@]12C. The van der Waals surface area contributed by atoms with Crippen molar-refractivity contribution in [2.75, 3.05) is 6.61 Å². The normalized spacial score (nSPS) is 30.3. The van der Waals surface area contributed by atoms with Gasteiger partial charge in [0, 0.05) is 0 Å². The third kappa shape index (κ3) is 7.32. The van der Waals surface area contributed by atoms with Crippen LogP contribution in [-0.2, 0) is 4.84 Å². The highest BCUT2D eigenvalue weighted by Gasteiger charge is 2.45. The predicted molar refractivity (Wildman–Crippen MR) is 149 cm³/mol. The zero-order valence-electron chi connectivity index (χ0n) is 22.7. The van der Waals surface area contributed by atoms with Gasteiger partial charge < -0.3 is 9.94 Å². The molecule has 2 saturated carbocycles. The lowest BCUT2D eigenvalue weighted by atomic mass is 9.62. The average Bonchev–Trinajstić information content (AvgIpc) is 3.20. The Morgan fingerprint density at radius 2 is 2.09 bits per heavy atom. The Hall–Kier alpha value is -1.87. The fourth-order valence-corrected chi connectivity index (χ4v) is 6.56. The zero-order chi connectivity index (χ0) is 25.3. The van der Waals surface area contributed by atoms with Crippen LogP contribution in [0.1, 0.15) is 104 Å². The second kappa shape index (κ2) is 13.4. The lowest BCUT2D eigenvalue weighted by Crippen LogP contribution is -2.32. The standard InChI is InChI=1S/C32H49NO2/c1-6-8-13-28(33-35-22-7-2)14-9-11-25(4)30-19-20-31-26(12-10-21-32(30,31)5)16-17-27-23-29(34)18-15-24(27)3/h7,16-17,19,25,29,31,34H,2-3,6,8-15,18,20-23H2,1,4-5H3/b26-16+,27-17-,33-28-/t25?,29?,31-,32+/m0/s1. The van der Waals surface area contributed by atoms with Crippen LogP contribution in [-0.4, -0.2) is 23.5 Å². The first-order valence-electron chi connectivity index (χ1n) is 14.1. The summed E-state index contributed by atoms with van der Waals surface area (Å²) in [6.07, 6.45) is 23.1. The number of rotatable bonds is 12. The minimum Gasteiger partial charge on any atom is -0.393 e. The van der Waals surface area contributed by atoms with E-state index in [0.29, 0.717) is 18.4 Å². The Balaban J connectivity index is 1.61. The van der Waals surface area contributed by atoms with Gasteiger partial charge in [0.1, 0.15) is 6.61 Å². The highest BCUT2D eigenvalue weighted by Crippen LogP contribution is 2.57. The summed E-state index contributed by atoms with van der Waals surface area (Å²) in [4.78, 5) is 5.41. The van der Waals surface area contributed by atoms with Gasteiger partial charge in [-0.15, -0.1) is 0 Å². The van der Waals surface area contributed by atoms with Crippen molar-refractivity contribution in [2.45, 2.75) is 110 Å². The molecule has 0 bridgehead atoms. The van der Waals surface area contributed by atoms with Crippen molar-refractivity contribution in [3.8, 4) is 0 Å². The number of unbranched alkanes of at least 4 members (excludes halogenated alkanes) is 1. The molecule has 0 aliphatic heterocycles. The van der Waals surface area contributed by atoms with E-state index in [4.69, 9.17) is 4.84 Å². The number of allylic oxidation sites excluding steroid dienone is 6. The Morgan fingerprint density at radius 3 is 2.86 bits per heavy atom. The molecule has 0 aromatic rings. The van der Waals surface area contributed by atoms with Gasteiger partial charge in [0.15, 0.2) is 0 Å². The summed E-state index contributed by atoms with van der Waals surface area (Å²) in [6.45, 7) is 15.6. The maximum atomic E-state index is 10.1. The third-order valence-electron chi connectivity index (χ3n) is 8.64. The van der Waals surface area contributed by atoms with Crippen LogP contribution < -0.4 is 0 Å². The molecule has 3 aliphatic carbocycles. The molecule has 4 atom stereocenters. The number of fused-ring (bicyclic) bond motifs is 1. The second-order valence-corrected chi connectivity index (χ2v) is 11.3. The van der Waals surface area contributed by atoms with Crippen molar-refractivity contribution in [3.05, 3.63) is 59.8 Å². The summed E-state index contributed by atoms with van der Waals surface area (Å²) in [7, 11) is 0. The molecule has 0 saturated heterocycles. The van der Waals surface area contributed by atoms with Crippen LogP contribution in [0.5, 0.6) is 0 Å². The molecular formula is C32H49NO2. The van der Waals surface area contributed by atoms with Gasteiger partial charge in [-0.2, -0.15) is 0 Å². The molecule has 3 heteroatoms. The zero-order valence-corrected chi connectivity index (χ0v) is 22.7. The van der Waals surface area contributed by atoms with Crippen molar-refractivity contribution in [1.82, 2.24) is 0 Å². The molecule has 3 aliphatic rings. The van der Waals surface area contributed by atoms with Gasteiger partial charge in [-0.1, -0.05) is 86.5 Å². The first-order valence-corrected chi connectivity index (χ1v) is 14.1. The number of aliphatic hydroxyl groups excluding tert-OH is 1. The lowest BCUT2D eigenvalue weighted by Gasteiger charge is -2.42. The summed E-state index contributed by atoms with van der Waals surface area (Å²) in [5, 5.41) is 14.5. The Labute approximate surface area is 214 Å². The van der Waals surface area contributed by atoms with Crippen LogP contribution in [0, 0.1) is 17.3 Å². The highest BCUT2D eigenvalue weighted by molar-refractivity contribution is 5.83. The van der Waals surface area contributed by atoms with Crippen LogP contribution in [0.2, 0.25) is 0 Å². The van der Waals surface area contributed by atoms with Gasteiger partial charge in [-0.25, -0.2) is 0 Å². The third-order valence-corrected chi connectivity index (χ3v) is 8.64. The molecule has 0 aromatic carbocycles. The van der Waals surface area contributed by atoms with E-state index < -0.39 is 0 Å². The van der Waals surface area contributed by atoms with E-state index in [1.165, 1.54) is 68.2 Å². The molecule has 0 spiro atoms. The quantitative estimate of drug-likeness (QED) is 0.132. The van der Waals surface area contributed by atoms with Crippen molar-refractivity contribution in [3.63, 3.8) is 0 Å². The maximum Gasteiger partial charge on any atom is 0.135 e. The first kappa shape index (κ1) is 27.7. The molecule has 1 N–H and O–H groups in total. The Morgan fingerprint density at radius 1 is 1.29 bits per heavy atom. The molecule has 194 valence electrons. The Bertz CT molecular complexity index is 861. The van der Waals surface area contributed by atoms with Gasteiger partial charge >= 0.3 is 0 Å². The molecule has 0 heterocycles.